The number of hydrazone groups is 1. The number of pyridine rings is 2. The van der Waals surface area contributed by atoms with Crippen LogP contribution in [0.15, 0.2) is 65.9 Å². The van der Waals surface area contributed by atoms with Gasteiger partial charge in [0.1, 0.15) is 0 Å². The first kappa shape index (κ1) is 41.2. The van der Waals surface area contributed by atoms with Crippen LogP contribution in [0.5, 0.6) is 5.88 Å². The minimum atomic E-state index is -0.485. The molecule has 43 heavy (non-hydrogen) atoms. The maximum atomic E-state index is 11.4. The van der Waals surface area contributed by atoms with Crippen molar-refractivity contribution < 1.29 is 9.53 Å². The second-order valence-electron chi connectivity index (χ2n) is 8.52. The fourth-order valence-corrected chi connectivity index (χ4v) is 3.47. The van der Waals surface area contributed by atoms with Crippen molar-refractivity contribution in [3.05, 3.63) is 77.7 Å². The Morgan fingerprint density at radius 3 is 2.14 bits per heavy atom. The molecule has 0 aliphatic carbocycles. The van der Waals surface area contributed by atoms with Crippen LogP contribution < -0.4 is 20.8 Å². The molecule has 3 aromatic rings. The fourth-order valence-electron chi connectivity index (χ4n) is 3.47. The first-order valence-corrected chi connectivity index (χ1v) is 16.0. The SMILES string of the molecule is CC.CC.CC.CCC.CCCN(CCC)c1cc(/C=N/Nc2cccc(C(N)=O)c2)nc(OCCc2ccccn2)c1. The molecule has 0 atom stereocenters. The van der Waals surface area contributed by atoms with E-state index in [1.54, 1.807) is 30.6 Å². The highest BCUT2D eigenvalue weighted by atomic mass is 16.5. The van der Waals surface area contributed by atoms with Crippen LogP contribution in [-0.2, 0) is 6.42 Å². The van der Waals surface area contributed by atoms with Gasteiger partial charge in [-0.2, -0.15) is 5.10 Å². The Hall–Kier alpha value is -3.94. The van der Waals surface area contributed by atoms with Gasteiger partial charge < -0.3 is 15.4 Å². The number of carbonyl (C=O) groups is 1. The summed E-state index contributed by atoms with van der Waals surface area (Å²) in [7, 11) is 0. The van der Waals surface area contributed by atoms with Crippen LogP contribution in [0.1, 0.15) is 110 Å². The first-order valence-electron chi connectivity index (χ1n) is 16.0. The molecule has 3 rings (SSSR count). The van der Waals surface area contributed by atoms with Crippen molar-refractivity contribution in [1.82, 2.24) is 9.97 Å². The second kappa shape index (κ2) is 28.2. The van der Waals surface area contributed by atoms with Gasteiger partial charge in [0.05, 0.1) is 24.2 Å². The molecular formula is C35H58N6O2. The van der Waals surface area contributed by atoms with E-state index in [9.17, 15) is 4.79 Å². The van der Waals surface area contributed by atoms with Crippen LogP contribution >= 0.6 is 0 Å². The van der Waals surface area contributed by atoms with Gasteiger partial charge in [-0.05, 0) is 49.2 Å². The lowest BCUT2D eigenvalue weighted by molar-refractivity contribution is 0.100. The molecule has 1 amide bonds. The normalized spacial score (nSPS) is 9.44. The molecular weight excluding hydrogens is 536 g/mol. The predicted molar refractivity (Wildman–Crippen MR) is 187 cm³/mol. The molecule has 0 spiro atoms. The first-order chi connectivity index (χ1) is 21.0. The number of primary amides is 1. The van der Waals surface area contributed by atoms with Gasteiger partial charge in [-0.1, -0.05) is 87.8 Å². The summed E-state index contributed by atoms with van der Waals surface area (Å²) in [5.74, 6) is 0.0595. The van der Waals surface area contributed by atoms with Crippen molar-refractivity contribution in [3.8, 4) is 5.88 Å². The summed E-state index contributed by atoms with van der Waals surface area (Å²) < 4.78 is 5.99. The summed E-state index contributed by atoms with van der Waals surface area (Å²) in [5.41, 5.74) is 12.0. The van der Waals surface area contributed by atoms with E-state index in [4.69, 9.17) is 10.5 Å². The van der Waals surface area contributed by atoms with E-state index in [1.165, 1.54) is 6.42 Å². The Labute approximate surface area is 262 Å². The molecule has 3 N–H and O–H groups in total. The van der Waals surface area contributed by atoms with Gasteiger partial charge in [0.25, 0.3) is 0 Å². The Morgan fingerprint density at radius 1 is 0.930 bits per heavy atom. The summed E-state index contributed by atoms with van der Waals surface area (Å²) >= 11 is 0. The number of ether oxygens (including phenoxy) is 1. The van der Waals surface area contributed by atoms with Gasteiger partial charge in [-0.25, -0.2) is 4.98 Å². The lowest BCUT2D eigenvalue weighted by atomic mass is 10.2. The van der Waals surface area contributed by atoms with Gasteiger partial charge >= 0.3 is 0 Å². The summed E-state index contributed by atoms with van der Waals surface area (Å²) in [6.07, 6.45) is 7.45. The van der Waals surface area contributed by atoms with Crippen molar-refractivity contribution in [2.45, 2.75) is 94.9 Å². The number of nitrogens with zero attached hydrogens (tertiary/aromatic N) is 4. The molecule has 0 aliphatic heterocycles. The molecule has 0 saturated heterocycles. The van der Waals surface area contributed by atoms with Crippen LogP contribution in [0.2, 0.25) is 0 Å². The van der Waals surface area contributed by atoms with E-state index >= 15 is 0 Å². The lowest BCUT2D eigenvalue weighted by Gasteiger charge is -2.24. The van der Waals surface area contributed by atoms with Crippen LogP contribution in [0.25, 0.3) is 0 Å². The minimum absolute atomic E-state index is 0.415. The number of hydrogen-bond acceptors (Lipinski definition) is 7. The molecule has 0 radical (unpaired) electrons. The van der Waals surface area contributed by atoms with Crippen molar-refractivity contribution in [2.24, 2.45) is 10.8 Å². The standard InChI is InChI=1S/C26H32N6O2.C3H8.3C2H6/c1-3-13-32(14-4-2)24-17-23(19-29-31-22-10-7-8-20(16-22)26(27)33)30-25(18-24)34-15-11-21-9-5-6-12-28-21;1-3-2;3*1-2/h5-10,12,16-19,31H,3-4,11,13-15H2,1-2H3,(H2,27,33);3H2,1-2H3;3*1-2H3/b29-19+;;;;. The third kappa shape index (κ3) is 18.3. The van der Waals surface area contributed by atoms with Crippen molar-refractivity contribution in [2.75, 3.05) is 30.0 Å². The lowest BCUT2D eigenvalue weighted by Crippen LogP contribution is -2.25. The van der Waals surface area contributed by atoms with Gasteiger partial charge in [-0.15, -0.1) is 0 Å². The highest BCUT2D eigenvalue weighted by molar-refractivity contribution is 5.93. The number of aromatic nitrogens is 2. The molecule has 0 saturated carbocycles. The number of anilines is 2. The van der Waals surface area contributed by atoms with E-state index in [0.29, 0.717) is 35.9 Å². The molecule has 8 nitrogen and oxygen atoms in total. The van der Waals surface area contributed by atoms with E-state index in [2.05, 4.69) is 53.1 Å². The maximum absolute atomic E-state index is 11.4. The quantitative estimate of drug-likeness (QED) is 0.151. The third-order valence-corrected chi connectivity index (χ3v) is 5.03. The minimum Gasteiger partial charge on any atom is -0.477 e. The number of amides is 1. The van der Waals surface area contributed by atoms with Gasteiger partial charge in [0.15, 0.2) is 0 Å². The van der Waals surface area contributed by atoms with Gasteiger partial charge in [-0.3, -0.25) is 15.2 Å². The summed E-state index contributed by atoms with van der Waals surface area (Å²) in [4.78, 5) is 22.7. The van der Waals surface area contributed by atoms with E-state index in [0.717, 1.165) is 37.3 Å². The average Bonchev–Trinajstić information content (AvgIpc) is 3.05. The maximum Gasteiger partial charge on any atom is 0.248 e. The largest absolute Gasteiger partial charge is 0.477 e. The highest BCUT2D eigenvalue weighted by Gasteiger charge is 2.10. The highest BCUT2D eigenvalue weighted by Crippen LogP contribution is 2.22. The number of carbonyl (C=O) groups excluding carboxylic acids is 1. The number of rotatable bonds is 13. The molecule has 8 heteroatoms. The van der Waals surface area contributed by atoms with E-state index in [-0.39, 0.29) is 0 Å². The van der Waals surface area contributed by atoms with Crippen LogP contribution in [0, 0.1) is 0 Å². The Bertz CT molecular complexity index is 1100. The molecule has 0 unspecified atom stereocenters. The Balaban J connectivity index is 0. The van der Waals surface area contributed by atoms with Crippen molar-refractivity contribution in [3.63, 3.8) is 0 Å². The Morgan fingerprint density at radius 2 is 1.58 bits per heavy atom. The molecule has 0 fully saturated rings. The van der Waals surface area contributed by atoms with Crippen LogP contribution in [0.4, 0.5) is 11.4 Å². The van der Waals surface area contributed by atoms with Crippen LogP contribution in [-0.4, -0.2) is 41.8 Å². The smallest absolute Gasteiger partial charge is 0.248 e. The number of hydrogen-bond donors (Lipinski definition) is 2. The summed E-state index contributed by atoms with van der Waals surface area (Å²) in [6.45, 7) is 22.9. The van der Waals surface area contributed by atoms with E-state index in [1.807, 2.05) is 77.9 Å². The number of nitrogens with two attached hydrogens (primary N) is 1. The van der Waals surface area contributed by atoms with Crippen molar-refractivity contribution >= 4 is 23.5 Å². The Kier molecular flexibility index (Phi) is 27.0. The zero-order chi connectivity index (χ0) is 32.9. The third-order valence-electron chi connectivity index (χ3n) is 5.03. The zero-order valence-electron chi connectivity index (χ0n) is 28.5. The molecule has 2 aromatic heterocycles. The van der Waals surface area contributed by atoms with E-state index < -0.39 is 5.91 Å². The second-order valence-corrected chi connectivity index (χ2v) is 8.52. The monoisotopic (exact) mass is 594 g/mol. The average molecular weight is 595 g/mol. The summed E-state index contributed by atoms with van der Waals surface area (Å²) in [5, 5.41) is 4.30. The van der Waals surface area contributed by atoms with Crippen molar-refractivity contribution in [1.29, 1.82) is 0 Å². The topological polar surface area (TPSA) is 106 Å². The molecule has 240 valence electrons. The fraction of sp³-hybridized carbons (Fsp3) is 0.486. The molecule has 2 heterocycles. The van der Waals surface area contributed by atoms with Gasteiger partial charge in [0, 0.05) is 48.7 Å². The molecule has 1 aromatic carbocycles. The zero-order valence-corrected chi connectivity index (χ0v) is 28.5. The molecule has 0 aliphatic rings. The number of nitrogens with one attached hydrogen (secondary N) is 1. The van der Waals surface area contributed by atoms with Gasteiger partial charge in [0.2, 0.25) is 11.8 Å². The predicted octanol–water partition coefficient (Wildman–Crippen LogP) is 8.76. The summed E-state index contributed by atoms with van der Waals surface area (Å²) in [6, 6.07) is 16.7. The molecule has 0 bridgehead atoms. The van der Waals surface area contributed by atoms with Crippen LogP contribution in [0.3, 0.4) is 0 Å². The number of benzene rings is 1.